The molecule has 1 amide bonds. The molecule has 0 bridgehead atoms. The van der Waals surface area contributed by atoms with Gasteiger partial charge in [0.1, 0.15) is 11.5 Å². The van der Waals surface area contributed by atoms with Gasteiger partial charge in [0.15, 0.2) is 0 Å². The van der Waals surface area contributed by atoms with E-state index >= 15 is 0 Å². The van der Waals surface area contributed by atoms with Crippen LogP contribution in [-0.2, 0) is 0 Å². The quantitative estimate of drug-likeness (QED) is 0.812. The fraction of sp³-hybridized carbons (Fsp3) is 0.312. The highest BCUT2D eigenvalue weighted by Crippen LogP contribution is 2.27. The van der Waals surface area contributed by atoms with Crippen molar-refractivity contribution in [2.24, 2.45) is 5.92 Å². The Balaban J connectivity index is 1.97. The first-order valence-electron chi connectivity index (χ1n) is 7.28. The van der Waals surface area contributed by atoms with Crippen molar-refractivity contribution >= 4 is 40.6 Å². The van der Waals surface area contributed by atoms with Crippen LogP contribution in [0.3, 0.4) is 0 Å². The molecule has 0 saturated heterocycles. The minimum Gasteiger partial charge on any atom is -0.351 e. The highest BCUT2D eigenvalue weighted by atomic mass is 35.5. The zero-order valence-electron chi connectivity index (χ0n) is 12.9. The summed E-state index contributed by atoms with van der Waals surface area (Å²) in [6, 6.07) is 5.11. The smallest absolute Gasteiger partial charge is 0.271 e. The van der Waals surface area contributed by atoms with Crippen LogP contribution in [0.4, 0.5) is 11.5 Å². The first-order valence-corrected chi connectivity index (χ1v) is 8.03. The SMILES string of the molecule is CC(C)CCNC(=O)c1cnc(Nc2ccc(Cl)cc2Cl)cn1. The van der Waals surface area contributed by atoms with Crippen LogP contribution in [0.1, 0.15) is 30.8 Å². The van der Waals surface area contributed by atoms with Crippen LogP contribution in [0, 0.1) is 5.92 Å². The Morgan fingerprint density at radius 2 is 2.00 bits per heavy atom. The molecule has 0 aliphatic heterocycles. The summed E-state index contributed by atoms with van der Waals surface area (Å²) >= 11 is 11.9. The zero-order chi connectivity index (χ0) is 16.8. The van der Waals surface area contributed by atoms with E-state index < -0.39 is 0 Å². The first-order chi connectivity index (χ1) is 11.0. The summed E-state index contributed by atoms with van der Waals surface area (Å²) in [5, 5.41) is 6.88. The fourth-order valence-electron chi connectivity index (χ4n) is 1.80. The third kappa shape index (κ3) is 5.37. The Labute approximate surface area is 145 Å². The number of rotatable bonds is 6. The molecule has 0 aliphatic rings. The Bertz CT molecular complexity index is 674. The lowest BCUT2D eigenvalue weighted by molar-refractivity contribution is 0.0946. The Kier molecular flexibility index (Phi) is 6.19. The molecule has 0 radical (unpaired) electrons. The van der Waals surface area contributed by atoms with Crippen LogP contribution in [-0.4, -0.2) is 22.4 Å². The van der Waals surface area contributed by atoms with Crippen LogP contribution in [0.2, 0.25) is 10.0 Å². The van der Waals surface area contributed by atoms with Crippen LogP contribution in [0.25, 0.3) is 0 Å². The lowest BCUT2D eigenvalue weighted by atomic mass is 10.1. The molecule has 0 saturated carbocycles. The molecule has 7 heteroatoms. The molecular formula is C16H18Cl2N4O. The van der Waals surface area contributed by atoms with Crippen LogP contribution in [0.5, 0.6) is 0 Å². The maximum absolute atomic E-state index is 11.9. The maximum atomic E-state index is 11.9. The summed E-state index contributed by atoms with van der Waals surface area (Å²) < 4.78 is 0. The van der Waals surface area contributed by atoms with E-state index in [1.165, 1.54) is 12.4 Å². The number of hydrogen-bond acceptors (Lipinski definition) is 4. The van der Waals surface area contributed by atoms with Crippen LogP contribution in [0.15, 0.2) is 30.6 Å². The molecular weight excluding hydrogens is 335 g/mol. The Hall–Kier alpha value is -1.85. The molecule has 1 aromatic heterocycles. The van der Waals surface area contributed by atoms with E-state index in [-0.39, 0.29) is 11.6 Å². The summed E-state index contributed by atoms with van der Waals surface area (Å²) in [4.78, 5) is 20.2. The predicted molar refractivity (Wildman–Crippen MR) is 93.6 cm³/mol. The van der Waals surface area contributed by atoms with Gasteiger partial charge in [0.25, 0.3) is 5.91 Å². The third-order valence-corrected chi connectivity index (χ3v) is 3.63. The van der Waals surface area contributed by atoms with E-state index in [1.807, 2.05) is 0 Å². The van der Waals surface area contributed by atoms with Gasteiger partial charge >= 0.3 is 0 Å². The fourth-order valence-corrected chi connectivity index (χ4v) is 2.26. The van der Waals surface area contributed by atoms with Gasteiger partial charge in [-0.15, -0.1) is 0 Å². The number of amides is 1. The molecule has 2 aromatic rings. The minimum absolute atomic E-state index is 0.228. The number of nitrogens with one attached hydrogen (secondary N) is 2. The van der Waals surface area contributed by atoms with E-state index in [0.29, 0.717) is 34.0 Å². The van der Waals surface area contributed by atoms with Gasteiger partial charge in [0.05, 0.1) is 23.1 Å². The standard InChI is InChI=1S/C16H18Cl2N4O/c1-10(2)5-6-19-16(23)14-8-21-15(9-20-14)22-13-4-3-11(17)7-12(13)18/h3-4,7-10H,5-6H2,1-2H3,(H,19,23)(H,21,22). The average molecular weight is 353 g/mol. The van der Waals surface area contributed by atoms with Crippen molar-refractivity contribution in [2.45, 2.75) is 20.3 Å². The van der Waals surface area contributed by atoms with Gasteiger partial charge in [-0.25, -0.2) is 9.97 Å². The summed E-state index contributed by atoms with van der Waals surface area (Å²) in [5.41, 5.74) is 0.945. The van der Waals surface area contributed by atoms with Gasteiger partial charge in [0.2, 0.25) is 0 Å². The summed E-state index contributed by atoms with van der Waals surface area (Å²) in [5.74, 6) is 0.805. The molecule has 5 nitrogen and oxygen atoms in total. The molecule has 1 aromatic carbocycles. The minimum atomic E-state index is -0.228. The molecule has 122 valence electrons. The number of hydrogen-bond donors (Lipinski definition) is 2. The van der Waals surface area contributed by atoms with Gasteiger partial charge in [-0.2, -0.15) is 0 Å². The Morgan fingerprint density at radius 3 is 2.61 bits per heavy atom. The van der Waals surface area contributed by atoms with E-state index in [4.69, 9.17) is 23.2 Å². The van der Waals surface area contributed by atoms with Crippen molar-refractivity contribution in [1.29, 1.82) is 0 Å². The number of nitrogens with zero attached hydrogens (tertiary/aromatic N) is 2. The van der Waals surface area contributed by atoms with Crippen molar-refractivity contribution in [3.8, 4) is 0 Å². The number of carbonyl (C=O) groups is 1. The number of halogens is 2. The molecule has 0 aliphatic carbocycles. The first kappa shape index (κ1) is 17.5. The highest BCUT2D eigenvalue weighted by molar-refractivity contribution is 6.36. The second kappa shape index (κ2) is 8.13. The van der Waals surface area contributed by atoms with Crippen molar-refractivity contribution in [1.82, 2.24) is 15.3 Å². The normalized spacial score (nSPS) is 10.7. The molecule has 1 heterocycles. The van der Waals surface area contributed by atoms with E-state index in [1.54, 1.807) is 18.2 Å². The third-order valence-electron chi connectivity index (χ3n) is 3.09. The average Bonchev–Trinajstić information content (AvgIpc) is 2.50. The van der Waals surface area contributed by atoms with Gasteiger partial charge in [-0.3, -0.25) is 4.79 Å². The highest BCUT2D eigenvalue weighted by Gasteiger charge is 2.08. The topological polar surface area (TPSA) is 66.9 Å². The second-order valence-electron chi connectivity index (χ2n) is 5.47. The van der Waals surface area contributed by atoms with Crippen molar-refractivity contribution in [2.75, 3.05) is 11.9 Å². The van der Waals surface area contributed by atoms with Crippen LogP contribution >= 0.6 is 23.2 Å². The van der Waals surface area contributed by atoms with Crippen LogP contribution < -0.4 is 10.6 Å². The van der Waals surface area contributed by atoms with Crippen molar-refractivity contribution in [3.63, 3.8) is 0 Å². The van der Waals surface area contributed by atoms with Gasteiger partial charge in [-0.05, 0) is 30.5 Å². The molecule has 0 spiro atoms. The monoisotopic (exact) mass is 352 g/mol. The number of carbonyl (C=O) groups excluding carboxylic acids is 1. The number of anilines is 2. The summed E-state index contributed by atoms with van der Waals surface area (Å²) in [7, 11) is 0. The largest absolute Gasteiger partial charge is 0.351 e. The van der Waals surface area contributed by atoms with Crippen molar-refractivity contribution in [3.05, 3.63) is 46.3 Å². The van der Waals surface area contributed by atoms with E-state index in [0.717, 1.165) is 6.42 Å². The number of aromatic nitrogens is 2. The molecule has 0 atom stereocenters. The van der Waals surface area contributed by atoms with Gasteiger partial charge in [0, 0.05) is 11.6 Å². The predicted octanol–water partition coefficient (Wildman–Crippen LogP) is 4.30. The second-order valence-corrected chi connectivity index (χ2v) is 6.32. The van der Waals surface area contributed by atoms with E-state index in [2.05, 4.69) is 34.4 Å². The molecule has 23 heavy (non-hydrogen) atoms. The molecule has 0 fully saturated rings. The van der Waals surface area contributed by atoms with E-state index in [9.17, 15) is 4.79 Å². The van der Waals surface area contributed by atoms with Gasteiger partial charge < -0.3 is 10.6 Å². The molecule has 0 unspecified atom stereocenters. The number of benzene rings is 1. The summed E-state index contributed by atoms with van der Waals surface area (Å²) in [6.45, 7) is 4.83. The maximum Gasteiger partial charge on any atom is 0.271 e. The Morgan fingerprint density at radius 1 is 1.22 bits per heavy atom. The molecule has 2 rings (SSSR count). The zero-order valence-corrected chi connectivity index (χ0v) is 14.4. The van der Waals surface area contributed by atoms with Crippen molar-refractivity contribution < 1.29 is 4.79 Å². The van der Waals surface area contributed by atoms with Gasteiger partial charge in [-0.1, -0.05) is 37.0 Å². The lowest BCUT2D eigenvalue weighted by Gasteiger charge is -2.09. The summed E-state index contributed by atoms with van der Waals surface area (Å²) in [6.07, 6.45) is 3.84. The lowest BCUT2D eigenvalue weighted by Crippen LogP contribution is -2.26. The molecule has 2 N–H and O–H groups in total.